The lowest BCUT2D eigenvalue weighted by Crippen LogP contribution is -2.22. The van der Waals surface area contributed by atoms with E-state index in [1.54, 1.807) is 6.92 Å². The maximum Gasteiger partial charge on any atom is 0.302 e. The molecule has 1 aliphatic carbocycles. The summed E-state index contributed by atoms with van der Waals surface area (Å²) in [6.45, 7) is 3.29. The molecular formula is C10H13O3. The van der Waals surface area contributed by atoms with E-state index in [2.05, 4.69) is 0 Å². The van der Waals surface area contributed by atoms with Gasteiger partial charge in [0.25, 0.3) is 0 Å². The molecule has 1 rings (SSSR count). The lowest BCUT2D eigenvalue weighted by atomic mass is 9.92. The van der Waals surface area contributed by atoms with Crippen molar-refractivity contribution in [3.05, 3.63) is 31.1 Å². The molecule has 1 N–H and O–H groups in total. The van der Waals surface area contributed by atoms with Crippen molar-refractivity contribution in [2.45, 2.75) is 20.0 Å². The third-order valence-corrected chi connectivity index (χ3v) is 1.83. The zero-order valence-corrected chi connectivity index (χ0v) is 7.78. The molecule has 71 valence electrons. The number of hydrogen-bond donors (Lipinski definition) is 1. The van der Waals surface area contributed by atoms with Crippen LogP contribution in [0.2, 0.25) is 0 Å². The van der Waals surface area contributed by atoms with E-state index in [0.717, 1.165) is 11.8 Å². The number of carbonyl (C=O) groups excluding carboxylic acids is 1. The number of hydrogen-bond acceptors (Lipinski definition) is 3. The van der Waals surface area contributed by atoms with Crippen LogP contribution in [0.3, 0.4) is 0 Å². The van der Waals surface area contributed by atoms with Gasteiger partial charge in [-0.3, -0.25) is 4.79 Å². The van der Waals surface area contributed by atoms with Gasteiger partial charge in [-0.05, 0) is 26.2 Å². The summed E-state index contributed by atoms with van der Waals surface area (Å²) in [6.07, 6.45) is 4.98. The van der Waals surface area contributed by atoms with E-state index in [4.69, 9.17) is 4.74 Å². The Kier molecular flexibility index (Phi) is 3.72. The van der Waals surface area contributed by atoms with Crippen LogP contribution >= 0.6 is 0 Å². The van der Waals surface area contributed by atoms with Crippen LogP contribution in [0.25, 0.3) is 0 Å². The van der Waals surface area contributed by atoms with Crippen molar-refractivity contribution in [2.75, 3.05) is 6.61 Å². The van der Waals surface area contributed by atoms with Crippen molar-refractivity contribution in [3.63, 3.8) is 0 Å². The van der Waals surface area contributed by atoms with Crippen LogP contribution in [-0.2, 0) is 9.53 Å². The molecule has 3 nitrogen and oxygen atoms in total. The molecule has 1 aliphatic rings. The molecule has 0 unspecified atom stereocenters. The Morgan fingerprint density at radius 2 is 2.31 bits per heavy atom. The zero-order valence-electron chi connectivity index (χ0n) is 7.78. The van der Waals surface area contributed by atoms with Crippen LogP contribution in [0.4, 0.5) is 0 Å². The van der Waals surface area contributed by atoms with Crippen molar-refractivity contribution in [1.82, 2.24) is 0 Å². The Morgan fingerprint density at radius 1 is 1.62 bits per heavy atom. The number of aliphatic hydroxyl groups is 1. The topological polar surface area (TPSA) is 46.5 Å². The van der Waals surface area contributed by atoms with Crippen molar-refractivity contribution in [3.8, 4) is 0 Å². The monoisotopic (exact) mass is 181 g/mol. The highest BCUT2D eigenvalue weighted by molar-refractivity contribution is 5.66. The zero-order chi connectivity index (χ0) is 9.84. The van der Waals surface area contributed by atoms with Gasteiger partial charge in [-0.1, -0.05) is 0 Å². The molecule has 0 spiro atoms. The number of esters is 1. The Bertz CT molecular complexity index is 177. The van der Waals surface area contributed by atoms with Crippen LogP contribution in [0, 0.1) is 31.1 Å². The lowest BCUT2D eigenvalue weighted by molar-refractivity contribution is -0.140. The quantitative estimate of drug-likeness (QED) is 0.652. The Morgan fingerprint density at radius 3 is 2.85 bits per heavy atom. The van der Waals surface area contributed by atoms with Gasteiger partial charge >= 0.3 is 5.97 Å². The minimum Gasteiger partial charge on any atom is -0.465 e. The summed E-state index contributed by atoms with van der Waals surface area (Å²) in [5.74, 6) is 1.38. The van der Waals surface area contributed by atoms with E-state index in [9.17, 15) is 9.90 Å². The Labute approximate surface area is 79.1 Å². The van der Waals surface area contributed by atoms with Crippen LogP contribution in [0.15, 0.2) is 0 Å². The van der Waals surface area contributed by atoms with E-state index in [1.165, 1.54) is 6.92 Å². The highest BCUT2D eigenvalue weighted by Gasteiger charge is 2.33. The average molecular weight is 181 g/mol. The maximum absolute atomic E-state index is 10.5. The van der Waals surface area contributed by atoms with Gasteiger partial charge in [0.2, 0.25) is 0 Å². The van der Waals surface area contributed by atoms with Gasteiger partial charge in [-0.2, -0.15) is 0 Å². The number of ether oxygens (including phenoxy) is 1. The second-order valence-corrected chi connectivity index (χ2v) is 2.96. The van der Waals surface area contributed by atoms with Gasteiger partial charge < -0.3 is 9.84 Å². The highest BCUT2D eigenvalue weighted by atomic mass is 16.5. The predicted molar refractivity (Wildman–Crippen MR) is 47.7 cm³/mol. The molecule has 1 fully saturated rings. The SMILES string of the molecule is CC(=O)OC[C]1[CH][CH][CH][C]1[C@@H](C)O. The molecule has 13 heavy (non-hydrogen) atoms. The third kappa shape index (κ3) is 2.99. The van der Waals surface area contributed by atoms with Crippen LogP contribution in [-0.4, -0.2) is 23.8 Å². The second-order valence-electron chi connectivity index (χ2n) is 2.96. The first kappa shape index (κ1) is 10.5. The first-order valence-electron chi connectivity index (χ1n) is 4.17. The summed E-state index contributed by atoms with van der Waals surface area (Å²) in [6, 6.07) is 0. The van der Waals surface area contributed by atoms with E-state index < -0.39 is 6.10 Å². The molecule has 0 aromatic heterocycles. The smallest absolute Gasteiger partial charge is 0.302 e. The molecule has 0 amide bonds. The van der Waals surface area contributed by atoms with Crippen molar-refractivity contribution >= 4 is 5.97 Å². The molecule has 0 aromatic carbocycles. The summed E-state index contributed by atoms with van der Waals surface area (Å²) in [5, 5.41) is 9.32. The summed E-state index contributed by atoms with van der Waals surface area (Å²) in [5.41, 5.74) is 0. The van der Waals surface area contributed by atoms with E-state index >= 15 is 0 Å². The number of aliphatic hydroxyl groups excluding tert-OH is 1. The molecule has 5 radical (unpaired) electrons. The maximum atomic E-state index is 10.5. The fourth-order valence-electron chi connectivity index (χ4n) is 1.19. The summed E-state index contributed by atoms with van der Waals surface area (Å²) >= 11 is 0. The molecule has 1 saturated carbocycles. The predicted octanol–water partition coefficient (Wildman–Crippen LogP) is 0.706. The average Bonchev–Trinajstić information content (AvgIpc) is 2.47. The number of carbonyl (C=O) groups is 1. The van der Waals surface area contributed by atoms with Gasteiger partial charge in [-0.15, -0.1) is 0 Å². The largest absolute Gasteiger partial charge is 0.465 e. The fraction of sp³-hybridized carbons (Fsp3) is 0.400. The summed E-state index contributed by atoms with van der Waals surface area (Å²) < 4.78 is 4.83. The van der Waals surface area contributed by atoms with E-state index in [-0.39, 0.29) is 12.6 Å². The minimum absolute atomic E-state index is 0.239. The lowest BCUT2D eigenvalue weighted by Gasteiger charge is -2.19. The van der Waals surface area contributed by atoms with E-state index in [1.807, 2.05) is 19.3 Å². The van der Waals surface area contributed by atoms with Gasteiger partial charge in [0.15, 0.2) is 0 Å². The molecule has 0 heterocycles. The van der Waals surface area contributed by atoms with Gasteiger partial charge in [0, 0.05) is 18.8 Å². The first-order valence-corrected chi connectivity index (χ1v) is 4.17. The fourth-order valence-corrected chi connectivity index (χ4v) is 1.19. The minimum atomic E-state index is -0.513. The third-order valence-electron chi connectivity index (χ3n) is 1.83. The van der Waals surface area contributed by atoms with Crippen LogP contribution in [0.5, 0.6) is 0 Å². The summed E-state index contributed by atoms with van der Waals surface area (Å²) in [4.78, 5) is 10.5. The molecule has 3 heteroatoms. The molecule has 0 aromatic rings. The molecule has 0 aliphatic heterocycles. The van der Waals surface area contributed by atoms with Gasteiger partial charge in [-0.25, -0.2) is 0 Å². The Hall–Kier alpha value is -0.570. The van der Waals surface area contributed by atoms with Gasteiger partial charge in [0.1, 0.15) is 0 Å². The first-order chi connectivity index (χ1) is 6.11. The van der Waals surface area contributed by atoms with Gasteiger partial charge in [0.05, 0.1) is 12.7 Å². The van der Waals surface area contributed by atoms with E-state index in [0.29, 0.717) is 0 Å². The number of rotatable bonds is 3. The molecular weight excluding hydrogens is 168 g/mol. The highest BCUT2D eigenvalue weighted by Crippen LogP contribution is 2.35. The van der Waals surface area contributed by atoms with Crippen molar-refractivity contribution in [2.24, 2.45) is 0 Å². The second kappa shape index (κ2) is 4.61. The van der Waals surface area contributed by atoms with Crippen LogP contribution in [0.1, 0.15) is 13.8 Å². The van der Waals surface area contributed by atoms with Crippen LogP contribution < -0.4 is 0 Å². The molecule has 0 bridgehead atoms. The normalized spacial score (nSPS) is 21.8. The van der Waals surface area contributed by atoms with Crippen molar-refractivity contribution in [1.29, 1.82) is 0 Å². The summed E-state index contributed by atoms with van der Waals surface area (Å²) in [7, 11) is 0. The van der Waals surface area contributed by atoms with Crippen molar-refractivity contribution < 1.29 is 14.6 Å². The molecule has 1 atom stereocenters. The Balaban J connectivity index is 2.35. The standard InChI is InChI=1S/C10H13O3/c1-7(11)10-5-3-4-9(10)6-13-8(2)12/h3-5,7,11H,6H2,1-2H3/t7-/m1/s1. The molecule has 0 saturated heterocycles.